The summed E-state index contributed by atoms with van der Waals surface area (Å²) in [7, 11) is 0. The lowest BCUT2D eigenvalue weighted by Gasteiger charge is -2.35. The van der Waals surface area contributed by atoms with Gasteiger partial charge in [0.25, 0.3) is 0 Å². The number of piperazine rings is 1. The number of fused-ring (bicyclic) bond motifs is 1. The highest BCUT2D eigenvalue weighted by atomic mass is 16.3. The number of nitrogens with zero attached hydrogens (tertiary/aromatic N) is 6. The number of nitriles is 1. The fourth-order valence-electron chi connectivity index (χ4n) is 4.60. The molecule has 1 amide bonds. The summed E-state index contributed by atoms with van der Waals surface area (Å²) in [4.78, 5) is 27.6. The van der Waals surface area contributed by atoms with E-state index in [4.69, 9.17) is 9.68 Å². The van der Waals surface area contributed by atoms with Gasteiger partial charge in [-0.25, -0.2) is 9.97 Å². The van der Waals surface area contributed by atoms with Crippen LogP contribution in [0.25, 0.3) is 11.5 Å². The van der Waals surface area contributed by atoms with Gasteiger partial charge >= 0.3 is 0 Å². The van der Waals surface area contributed by atoms with Crippen LogP contribution in [0.5, 0.6) is 0 Å². The lowest BCUT2D eigenvalue weighted by atomic mass is 10.1. The largest absolute Gasteiger partial charge is 0.457 e. The minimum absolute atomic E-state index is 0.111. The molecule has 9 heteroatoms. The first-order valence-corrected chi connectivity index (χ1v) is 12.1. The van der Waals surface area contributed by atoms with Crippen LogP contribution in [0.2, 0.25) is 0 Å². The molecule has 0 saturated carbocycles. The zero-order valence-electron chi connectivity index (χ0n) is 19.9. The third-order valence-corrected chi connectivity index (χ3v) is 6.68. The third kappa shape index (κ3) is 5.12. The van der Waals surface area contributed by atoms with E-state index in [0.29, 0.717) is 36.9 Å². The standard InChI is InChI=1S/C26H29N7O2/c1-2-31-13-15-32(16-14-31)21-5-3-20(4-6-21)29-26-28-11-8-22(30-26)23-17-19-9-12-33(18-24(19)35-23)25(34)7-10-27/h3-6,8,11,17H,2,7,9,12-16,18H2,1H3,(H,28,29,30). The Kier molecular flexibility index (Phi) is 6.64. The molecule has 5 rings (SSSR count). The van der Waals surface area contributed by atoms with Crippen molar-refractivity contribution < 1.29 is 9.21 Å². The summed E-state index contributed by atoms with van der Waals surface area (Å²) >= 11 is 0. The van der Waals surface area contributed by atoms with Crippen molar-refractivity contribution in [2.75, 3.05) is 49.5 Å². The number of aromatic nitrogens is 2. The molecule has 2 aliphatic rings. The molecular formula is C26H29N7O2. The first-order valence-electron chi connectivity index (χ1n) is 12.1. The Morgan fingerprint density at radius 2 is 1.94 bits per heavy atom. The number of carbonyl (C=O) groups is 1. The maximum atomic E-state index is 12.1. The van der Waals surface area contributed by atoms with E-state index in [9.17, 15) is 4.79 Å². The van der Waals surface area contributed by atoms with Crippen molar-refractivity contribution in [1.82, 2.24) is 19.8 Å². The fourth-order valence-corrected chi connectivity index (χ4v) is 4.60. The van der Waals surface area contributed by atoms with Crippen LogP contribution < -0.4 is 10.2 Å². The van der Waals surface area contributed by atoms with Gasteiger partial charge < -0.3 is 24.4 Å². The van der Waals surface area contributed by atoms with Gasteiger partial charge in [-0.2, -0.15) is 5.26 Å². The Balaban J connectivity index is 1.25. The summed E-state index contributed by atoms with van der Waals surface area (Å²) < 4.78 is 6.05. The van der Waals surface area contributed by atoms with Crippen molar-refractivity contribution in [3.8, 4) is 17.5 Å². The van der Waals surface area contributed by atoms with Crippen LogP contribution in [0, 0.1) is 11.3 Å². The molecule has 0 aliphatic carbocycles. The third-order valence-electron chi connectivity index (χ3n) is 6.68. The van der Waals surface area contributed by atoms with Crippen molar-refractivity contribution in [1.29, 1.82) is 5.26 Å². The lowest BCUT2D eigenvalue weighted by molar-refractivity contribution is -0.131. The van der Waals surface area contributed by atoms with Gasteiger partial charge in [-0.05, 0) is 54.9 Å². The molecule has 0 bridgehead atoms. The Hall–Kier alpha value is -3.90. The first kappa shape index (κ1) is 22.9. The van der Waals surface area contributed by atoms with Crippen LogP contribution in [-0.2, 0) is 17.8 Å². The van der Waals surface area contributed by atoms with E-state index in [0.717, 1.165) is 49.7 Å². The fraction of sp³-hybridized carbons (Fsp3) is 0.385. The van der Waals surface area contributed by atoms with Crippen molar-refractivity contribution >= 4 is 23.2 Å². The molecule has 180 valence electrons. The highest BCUT2D eigenvalue weighted by Gasteiger charge is 2.25. The second-order valence-corrected chi connectivity index (χ2v) is 8.82. The molecule has 0 unspecified atom stereocenters. The molecule has 0 spiro atoms. The minimum atomic E-state index is -0.168. The number of nitrogens with one attached hydrogen (secondary N) is 1. The Bertz CT molecular complexity index is 1220. The maximum Gasteiger partial charge on any atom is 0.237 e. The second kappa shape index (κ2) is 10.2. The average Bonchev–Trinajstić information content (AvgIpc) is 3.33. The molecule has 9 nitrogen and oxygen atoms in total. The predicted molar refractivity (Wildman–Crippen MR) is 133 cm³/mol. The van der Waals surface area contributed by atoms with E-state index in [-0.39, 0.29) is 12.3 Å². The summed E-state index contributed by atoms with van der Waals surface area (Å²) in [6.07, 6.45) is 2.29. The SMILES string of the molecule is CCN1CCN(c2ccc(Nc3nccc(-c4cc5c(o4)CN(C(=O)CC#N)CC5)n3)cc2)CC1. The molecule has 2 aliphatic heterocycles. The van der Waals surface area contributed by atoms with Crippen molar-refractivity contribution in [2.24, 2.45) is 0 Å². The number of furan rings is 1. The van der Waals surface area contributed by atoms with Crippen molar-refractivity contribution in [2.45, 2.75) is 26.3 Å². The number of benzene rings is 1. The maximum absolute atomic E-state index is 12.1. The van der Waals surface area contributed by atoms with E-state index >= 15 is 0 Å². The number of anilines is 3. The van der Waals surface area contributed by atoms with Crippen LogP contribution in [0.4, 0.5) is 17.3 Å². The Morgan fingerprint density at radius 3 is 2.69 bits per heavy atom. The van der Waals surface area contributed by atoms with Gasteiger partial charge in [0, 0.05) is 50.3 Å². The summed E-state index contributed by atoms with van der Waals surface area (Å²) in [5.41, 5.74) is 3.90. The monoisotopic (exact) mass is 471 g/mol. The zero-order valence-corrected chi connectivity index (χ0v) is 19.9. The van der Waals surface area contributed by atoms with Gasteiger partial charge in [0.15, 0.2) is 5.76 Å². The van der Waals surface area contributed by atoms with Crippen molar-refractivity contribution in [3.63, 3.8) is 0 Å². The highest BCUT2D eigenvalue weighted by molar-refractivity contribution is 5.78. The minimum Gasteiger partial charge on any atom is -0.457 e. The van der Waals surface area contributed by atoms with Crippen LogP contribution in [-0.4, -0.2) is 64.9 Å². The quantitative estimate of drug-likeness (QED) is 0.584. The van der Waals surface area contributed by atoms with Gasteiger partial charge in [-0.15, -0.1) is 0 Å². The zero-order chi connectivity index (χ0) is 24.2. The first-order chi connectivity index (χ1) is 17.1. The summed E-state index contributed by atoms with van der Waals surface area (Å²) in [6.45, 7) is 8.58. The molecule has 3 aromatic rings. The molecule has 0 radical (unpaired) electrons. The topological polar surface area (TPSA) is 102 Å². The molecule has 1 aromatic carbocycles. The van der Waals surface area contributed by atoms with E-state index in [1.165, 1.54) is 5.69 Å². The predicted octanol–water partition coefficient (Wildman–Crippen LogP) is 3.42. The molecule has 1 fully saturated rings. The number of rotatable bonds is 6. The van der Waals surface area contributed by atoms with E-state index < -0.39 is 0 Å². The van der Waals surface area contributed by atoms with E-state index in [1.807, 2.05) is 18.2 Å². The molecule has 1 saturated heterocycles. The molecule has 35 heavy (non-hydrogen) atoms. The van der Waals surface area contributed by atoms with Gasteiger partial charge in [0.2, 0.25) is 11.9 Å². The van der Waals surface area contributed by atoms with Crippen LogP contribution in [0.1, 0.15) is 24.7 Å². The summed E-state index contributed by atoms with van der Waals surface area (Å²) in [6, 6.07) is 14.1. The molecule has 4 heterocycles. The van der Waals surface area contributed by atoms with Gasteiger partial charge in [-0.1, -0.05) is 6.92 Å². The average molecular weight is 472 g/mol. The second-order valence-electron chi connectivity index (χ2n) is 8.82. The Morgan fingerprint density at radius 1 is 1.14 bits per heavy atom. The van der Waals surface area contributed by atoms with Gasteiger partial charge in [0.1, 0.15) is 17.9 Å². The van der Waals surface area contributed by atoms with Gasteiger partial charge in [0.05, 0.1) is 12.6 Å². The van der Waals surface area contributed by atoms with Crippen LogP contribution >= 0.6 is 0 Å². The summed E-state index contributed by atoms with van der Waals surface area (Å²) in [5, 5.41) is 12.1. The van der Waals surface area contributed by atoms with E-state index in [2.05, 4.69) is 56.3 Å². The number of amides is 1. The number of hydrogen-bond acceptors (Lipinski definition) is 8. The molecule has 2 aromatic heterocycles. The molecular weight excluding hydrogens is 442 g/mol. The van der Waals surface area contributed by atoms with Crippen LogP contribution in [0.3, 0.4) is 0 Å². The number of likely N-dealkylation sites (N-methyl/N-ethyl adjacent to an activating group) is 1. The summed E-state index contributed by atoms with van der Waals surface area (Å²) in [5.74, 6) is 1.73. The lowest BCUT2D eigenvalue weighted by Crippen LogP contribution is -2.46. The van der Waals surface area contributed by atoms with Gasteiger partial charge in [-0.3, -0.25) is 4.79 Å². The molecule has 1 N–H and O–H groups in total. The normalized spacial score (nSPS) is 16.0. The number of carbonyl (C=O) groups excluding carboxylic acids is 1. The van der Waals surface area contributed by atoms with Crippen LogP contribution in [0.15, 0.2) is 47.0 Å². The molecule has 0 atom stereocenters. The number of hydrogen-bond donors (Lipinski definition) is 1. The highest BCUT2D eigenvalue weighted by Crippen LogP contribution is 2.29. The smallest absolute Gasteiger partial charge is 0.237 e. The Labute approximate surface area is 205 Å². The van der Waals surface area contributed by atoms with Crippen molar-refractivity contribution in [3.05, 3.63) is 53.9 Å². The van der Waals surface area contributed by atoms with E-state index in [1.54, 1.807) is 11.1 Å².